The van der Waals surface area contributed by atoms with Gasteiger partial charge in [-0.3, -0.25) is 14.4 Å². The maximum atomic E-state index is 12.7. The summed E-state index contributed by atoms with van der Waals surface area (Å²) in [5.41, 5.74) is 0.304. The second-order valence-electron chi connectivity index (χ2n) is 5.83. The summed E-state index contributed by atoms with van der Waals surface area (Å²) in [6.45, 7) is 5.47. The molecule has 0 fully saturated rings. The fourth-order valence-corrected chi connectivity index (χ4v) is 3.02. The first-order valence-corrected chi connectivity index (χ1v) is 8.09. The molecule has 5 heteroatoms. The highest BCUT2D eigenvalue weighted by Crippen LogP contribution is 2.45. The summed E-state index contributed by atoms with van der Waals surface area (Å²) < 4.78 is 10.2. The van der Waals surface area contributed by atoms with E-state index in [0.717, 1.165) is 5.57 Å². The van der Waals surface area contributed by atoms with Crippen LogP contribution < -0.4 is 0 Å². The number of allylic oxidation sites excluding steroid dienone is 2. The van der Waals surface area contributed by atoms with Gasteiger partial charge in [0.05, 0.1) is 13.2 Å². The third-order valence-electron chi connectivity index (χ3n) is 4.20. The van der Waals surface area contributed by atoms with Crippen LogP contribution in [0.1, 0.15) is 44.0 Å². The number of hydrogen-bond acceptors (Lipinski definition) is 5. The third-order valence-corrected chi connectivity index (χ3v) is 4.20. The largest absolute Gasteiger partial charge is 0.465 e. The number of hydrogen-bond donors (Lipinski definition) is 0. The molecule has 1 aromatic carbocycles. The van der Waals surface area contributed by atoms with Gasteiger partial charge in [0, 0.05) is 17.6 Å². The van der Waals surface area contributed by atoms with Crippen molar-refractivity contribution in [3.8, 4) is 0 Å². The van der Waals surface area contributed by atoms with Crippen LogP contribution in [0.25, 0.3) is 0 Å². The van der Waals surface area contributed by atoms with Crippen LogP contribution in [0.2, 0.25) is 0 Å². The Morgan fingerprint density at radius 1 is 0.958 bits per heavy atom. The topological polar surface area (TPSA) is 69.7 Å². The van der Waals surface area contributed by atoms with E-state index in [1.54, 1.807) is 45.0 Å². The van der Waals surface area contributed by atoms with Gasteiger partial charge in [0.15, 0.2) is 11.2 Å². The van der Waals surface area contributed by atoms with Gasteiger partial charge in [-0.25, -0.2) is 0 Å². The second kappa shape index (κ2) is 7.43. The molecule has 128 valence electrons. The van der Waals surface area contributed by atoms with Gasteiger partial charge in [0.1, 0.15) is 0 Å². The normalized spacial score (nSPS) is 16.0. The van der Waals surface area contributed by atoms with Crippen molar-refractivity contribution in [2.45, 2.75) is 33.6 Å². The van der Waals surface area contributed by atoms with Gasteiger partial charge in [-0.15, -0.1) is 0 Å². The number of ketones is 1. The molecule has 5 nitrogen and oxygen atoms in total. The van der Waals surface area contributed by atoms with Crippen molar-refractivity contribution in [3.05, 3.63) is 47.0 Å². The molecule has 0 bridgehead atoms. The minimum absolute atomic E-state index is 0.0181. The van der Waals surface area contributed by atoms with Gasteiger partial charge < -0.3 is 9.47 Å². The van der Waals surface area contributed by atoms with E-state index in [0.29, 0.717) is 11.1 Å². The molecular weight excluding hydrogens is 308 g/mol. The molecule has 0 unspecified atom stereocenters. The Hall–Kier alpha value is -2.43. The monoisotopic (exact) mass is 330 g/mol. The van der Waals surface area contributed by atoms with Crippen LogP contribution in [0.5, 0.6) is 0 Å². The van der Waals surface area contributed by atoms with Gasteiger partial charge in [0.25, 0.3) is 0 Å². The minimum atomic E-state index is -1.45. The van der Waals surface area contributed by atoms with E-state index in [-0.39, 0.29) is 31.8 Å². The first-order valence-electron chi connectivity index (χ1n) is 8.09. The average Bonchev–Trinajstić information content (AvgIpc) is 2.94. The van der Waals surface area contributed by atoms with Crippen molar-refractivity contribution >= 4 is 17.7 Å². The smallest absolute Gasteiger partial charge is 0.324 e. The molecule has 0 heterocycles. The molecule has 0 aromatic heterocycles. The highest BCUT2D eigenvalue weighted by molar-refractivity contribution is 6.12. The lowest BCUT2D eigenvalue weighted by Gasteiger charge is -2.24. The van der Waals surface area contributed by atoms with E-state index in [1.165, 1.54) is 0 Å². The molecule has 2 rings (SSSR count). The predicted molar refractivity (Wildman–Crippen MR) is 88.4 cm³/mol. The molecule has 0 amide bonds. The molecule has 0 N–H and O–H groups in total. The van der Waals surface area contributed by atoms with E-state index in [2.05, 4.69) is 0 Å². The number of ether oxygens (including phenoxy) is 2. The predicted octanol–water partition coefficient (Wildman–Crippen LogP) is 3.09. The Balaban J connectivity index is 2.34. The van der Waals surface area contributed by atoms with Crippen molar-refractivity contribution in [3.63, 3.8) is 0 Å². The fourth-order valence-electron chi connectivity index (χ4n) is 3.02. The molecule has 0 aliphatic heterocycles. The zero-order chi connectivity index (χ0) is 17.7. The number of esters is 2. The quantitative estimate of drug-likeness (QED) is 0.455. The molecule has 0 atom stereocenters. The summed E-state index contributed by atoms with van der Waals surface area (Å²) in [4.78, 5) is 37.7. The van der Waals surface area contributed by atoms with E-state index in [4.69, 9.17) is 9.47 Å². The minimum Gasteiger partial charge on any atom is -0.465 e. The van der Waals surface area contributed by atoms with E-state index >= 15 is 0 Å². The number of Topliss-reactive ketones (excluding diaryl/α,β-unsaturated/α-hetero) is 1. The van der Waals surface area contributed by atoms with Crippen LogP contribution in [-0.2, 0) is 19.1 Å². The molecular formula is C19H22O5. The lowest BCUT2D eigenvalue weighted by atomic mass is 9.83. The number of carbonyl (C=O) groups excluding carboxylic acids is 3. The van der Waals surface area contributed by atoms with Crippen molar-refractivity contribution < 1.29 is 23.9 Å². The molecule has 1 aliphatic carbocycles. The fraction of sp³-hybridized carbons (Fsp3) is 0.421. The van der Waals surface area contributed by atoms with Gasteiger partial charge in [-0.05, 0) is 27.2 Å². The molecule has 0 spiro atoms. The third kappa shape index (κ3) is 3.25. The van der Waals surface area contributed by atoms with Gasteiger partial charge in [-0.2, -0.15) is 0 Å². The highest BCUT2D eigenvalue weighted by Gasteiger charge is 2.54. The Morgan fingerprint density at radius 2 is 1.50 bits per heavy atom. The number of benzene rings is 1. The summed E-state index contributed by atoms with van der Waals surface area (Å²) in [6.07, 6.45) is 0.169. The Bertz CT molecular complexity index is 654. The average molecular weight is 330 g/mol. The Morgan fingerprint density at radius 3 is 2.00 bits per heavy atom. The number of rotatable bonds is 6. The zero-order valence-electron chi connectivity index (χ0n) is 14.3. The van der Waals surface area contributed by atoms with Crippen LogP contribution in [-0.4, -0.2) is 30.9 Å². The molecule has 0 radical (unpaired) electrons. The summed E-state index contributed by atoms with van der Waals surface area (Å²) in [7, 11) is 0. The van der Waals surface area contributed by atoms with Gasteiger partial charge in [-0.1, -0.05) is 35.9 Å². The van der Waals surface area contributed by atoms with E-state index in [9.17, 15) is 14.4 Å². The first-order chi connectivity index (χ1) is 11.5. The summed E-state index contributed by atoms with van der Waals surface area (Å²) >= 11 is 0. The van der Waals surface area contributed by atoms with Crippen LogP contribution in [0, 0.1) is 5.41 Å². The summed E-state index contributed by atoms with van der Waals surface area (Å²) in [5, 5.41) is 0. The second-order valence-corrected chi connectivity index (χ2v) is 5.83. The molecule has 24 heavy (non-hydrogen) atoms. The molecule has 1 aliphatic rings. The van der Waals surface area contributed by atoms with Gasteiger partial charge in [0.2, 0.25) is 0 Å². The SMILES string of the molecule is CCOC(=O)C1(C(=O)OCC)CC(C)=C(C(=O)c2ccccc2)C1. The summed E-state index contributed by atoms with van der Waals surface area (Å²) in [5.74, 6) is -1.42. The Kier molecular flexibility index (Phi) is 5.54. The molecule has 1 aromatic rings. The maximum Gasteiger partial charge on any atom is 0.324 e. The maximum absolute atomic E-state index is 12.7. The first kappa shape index (κ1) is 17.9. The van der Waals surface area contributed by atoms with Crippen LogP contribution in [0.15, 0.2) is 41.5 Å². The van der Waals surface area contributed by atoms with Crippen molar-refractivity contribution in [1.29, 1.82) is 0 Å². The van der Waals surface area contributed by atoms with Crippen LogP contribution in [0.3, 0.4) is 0 Å². The molecule has 0 saturated carbocycles. The van der Waals surface area contributed by atoms with E-state index in [1.807, 2.05) is 6.07 Å². The lowest BCUT2D eigenvalue weighted by molar-refractivity contribution is -0.171. The standard InChI is InChI=1S/C19H22O5/c1-4-23-17(21)19(18(22)24-5-2)11-13(3)15(12-19)16(20)14-9-7-6-8-10-14/h6-10H,4-5,11-12H2,1-3H3. The van der Waals surface area contributed by atoms with Crippen molar-refractivity contribution in [1.82, 2.24) is 0 Å². The summed E-state index contributed by atoms with van der Waals surface area (Å²) in [6, 6.07) is 8.83. The van der Waals surface area contributed by atoms with Crippen LogP contribution >= 0.6 is 0 Å². The van der Waals surface area contributed by atoms with Crippen molar-refractivity contribution in [2.75, 3.05) is 13.2 Å². The lowest BCUT2D eigenvalue weighted by Crippen LogP contribution is -2.40. The number of carbonyl (C=O) groups is 3. The zero-order valence-corrected chi connectivity index (χ0v) is 14.3. The van der Waals surface area contributed by atoms with Crippen LogP contribution in [0.4, 0.5) is 0 Å². The highest BCUT2D eigenvalue weighted by atomic mass is 16.6. The van der Waals surface area contributed by atoms with E-state index < -0.39 is 17.4 Å². The Labute approximate surface area is 141 Å². The van der Waals surface area contributed by atoms with Gasteiger partial charge >= 0.3 is 11.9 Å². The van der Waals surface area contributed by atoms with Crippen molar-refractivity contribution in [2.24, 2.45) is 5.41 Å². The molecule has 0 saturated heterocycles.